The molecule has 0 atom stereocenters. The first-order chi connectivity index (χ1) is 14.6. The number of nitrogens with two attached hydrogens (primary N) is 1. The second-order valence-electron chi connectivity index (χ2n) is 6.58. The van der Waals surface area contributed by atoms with Crippen molar-refractivity contribution < 1.29 is 4.39 Å². The quantitative estimate of drug-likeness (QED) is 0.478. The second kappa shape index (κ2) is 7.20. The van der Waals surface area contributed by atoms with Crippen LogP contribution in [0.15, 0.2) is 60.9 Å². The normalized spacial score (nSPS) is 11.3. The van der Waals surface area contributed by atoms with Gasteiger partial charge in [0.15, 0.2) is 11.6 Å². The number of nitrogens with zero attached hydrogens (tertiary/aromatic N) is 7. The van der Waals surface area contributed by atoms with Crippen molar-refractivity contribution in [3.8, 4) is 17.1 Å². The molecule has 5 rings (SSSR count). The lowest BCUT2D eigenvalue weighted by Gasteiger charge is -2.05. The van der Waals surface area contributed by atoms with Gasteiger partial charge in [-0.1, -0.05) is 28.9 Å². The van der Waals surface area contributed by atoms with Crippen molar-refractivity contribution in [2.75, 3.05) is 5.73 Å². The number of rotatable bonds is 4. The van der Waals surface area contributed by atoms with Gasteiger partial charge in [0, 0.05) is 10.6 Å². The van der Waals surface area contributed by atoms with E-state index in [0.717, 1.165) is 5.56 Å². The van der Waals surface area contributed by atoms with Crippen LogP contribution < -0.4 is 5.73 Å². The summed E-state index contributed by atoms with van der Waals surface area (Å²) in [5.41, 5.74) is 8.41. The highest BCUT2D eigenvalue weighted by Gasteiger charge is 2.15. The second-order valence-corrected chi connectivity index (χ2v) is 7.02. The Morgan fingerprint density at radius 2 is 1.87 bits per heavy atom. The third kappa shape index (κ3) is 3.25. The molecule has 10 heteroatoms. The van der Waals surface area contributed by atoms with Crippen LogP contribution in [0.3, 0.4) is 0 Å². The molecule has 0 saturated carbocycles. The molecule has 0 unspecified atom stereocenters. The summed E-state index contributed by atoms with van der Waals surface area (Å²) in [6, 6.07) is 13.5. The van der Waals surface area contributed by atoms with E-state index in [0.29, 0.717) is 45.8 Å². The fourth-order valence-electron chi connectivity index (χ4n) is 3.10. The molecule has 148 valence electrons. The van der Waals surface area contributed by atoms with Crippen LogP contribution >= 0.6 is 11.6 Å². The van der Waals surface area contributed by atoms with Gasteiger partial charge in [0.2, 0.25) is 0 Å². The van der Waals surface area contributed by atoms with Crippen LogP contribution in [0.25, 0.3) is 22.6 Å². The molecule has 3 aromatic heterocycles. The minimum Gasteiger partial charge on any atom is -0.382 e. The molecule has 2 aromatic carbocycles. The Labute approximate surface area is 174 Å². The van der Waals surface area contributed by atoms with Crippen molar-refractivity contribution >= 4 is 22.9 Å². The zero-order valence-electron chi connectivity index (χ0n) is 15.4. The Morgan fingerprint density at radius 1 is 1.07 bits per heavy atom. The highest BCUT2D eigenvalue weighted by Crippen LogP contribution is 2.22. The Morgan fingerprint density at radius 3 is 2.67 bits per heavy atom. The summed E-state index contributed by atoms with van der Waals surface area (Å²) in [5, 5.41) is 13.3. The first-order valence-corrected chi connectivity index (χ1v) is 9.38. The van der Waals surface area contributed by atoms with Gasteiger partial charge in [-0.25, -0.2) is 23.6 Å². The van der Waals surface area contributed by atoms with Gasteiger partial charge in [-0.3, -0.25) is 0 Å². The number of benzene rings is 2. The van der Waals surface area contributed by atoms with E-state index in [9.17, 15) is 4.39 Å². The lowest BCUT2D eigenvalue weighted by atomic mass is 10.2. The average Bonchev–Trinajstić information content (AvgIpc) is 3.37. The van der Waals surface area contributed by atoms with Gasteiger partial charge >= 0.3 is 0 Å². The van der Waals surface area contributed by atoms with Gasteiger partial charge < -0.3 is 5.73 Å². The predicted molar refractivity (Wildman–Crippen MR) is 110 cm³/mol. The molecule has 0 amide bonds. The Bertz CT molecular complexity index is 1360. The van der Waals surface area contributed by atoms with Crippen molar-refractivity contribution in [3.05, 3.63) is 83.3 Å². The Balaban J connectivity index is 1.51. The molecule has 0 radical (unpaired) electrons. The monoisotopic (exact) mass is 420 g/mol. The van der Waals surface area contributed by atoms with Crippen LogP contribution in [0.2, 0.25) is 5.02 Å². The standard InChI is InChI=1S/C20H14ClFN8/c21-13-7-5-12(6-8-13)20-25-19(23)17-10-24-18(30(17)27-20)9-14-11-29(28-26-14)16-4-2-1-3-15(16)22/h1-8,10-11H,9H2,(H2,23,25,27). The summed E-state index contributed by atoms with van der Waals surface area (Å²) >= 11 is 5.96. The zero-order chi connectivity index (χ0) is 20.7. The number of para-hydroxylation sites is 1. The third-order valence-electron chi connectivity index (χ3n) is 4.57. The molecule has 2 N–H and O–H groups in total. The van der Waals surface area contributed by atoms with Gasteiger partial charge in [-0.15, -0.1) is 10.2 Å². The fraction of sp³-hybridized carbons (Fsp3) is 0.0500. The van der Waals surface area contributed by atoms with E-state index >= 15 is 0 Å². The maximum Gasteiger partial charge on any atom is 0.182 e. The minimum atomic E-state index is -0.381. The molecular weight excluding hydrogens is 407 g/mol. The van der Waals surface area contributed by atoms with Crippen LogP contribution in [0.5, 0.6) is 0 Å². The van der Waals surface area contributed by atoms with E-state index in [1.807, 2.05) is 12.1 Å². The van der Waals surface area contributed by atoms with Crippen LogP contribution in [-0.2, 0) is 6.42 Å². The van der Waals surface area contributed by atoms with Gasteiger partial charge in [0.1, 0.15) is 22.8 Å². The SMILES string of the molecule is Nc1nc(-c2ccc(Cl)cc2)nn2c(Cc3cn(-c4ccccc4F)nn3)ncc12. The molecule has 0 aliphatic carbocycles. The topological polar surface area (TPSA) is 99.8 Å². The summed E-state index contributed by atoms with van der Waals surface area (Å²) < 4.78 is 17.0. The summed E-state index contributed by atoms with van der Waals surface area (Å²) in [5.74, 6) is 0.984. The Kier molecular flexibility index (Phi) is 4.36. The van der Waals surface area contributed by atoms with Crippen molar-refractivity contribution in [1.82, 2.24) is 34.6 Å². The molecule has 0 fully saturated rings. The van der Waals surface area contributed by atoms with E-state index in [2.05, 4.69) is 25.4 Å². The summed E-state index contributed by atoms with van der Waals surface area (Å²) in [7, 11) is 0. The average molecular weight is 421 g/mol. The number of hydrogen-bond acceptors (Lipinski definition) is 6. The third-order valence-corrected chi connectivity index (χ3v) is 4.83. The molecule has 0 saturated heterocycles. The molecule has 5 aromatic rings. The van der Waals surface area contributed by atoms with Gasteiger partial charge in [-0.2, -0.15) is 0 Å². The highest BCUT2D eigenvalue weighted by atomic mass is 35.5. The van der Waals surface area contributed by atoms with E-state index in [1.165, 1.54) is 10.7 Å². The number of nitrogen functional groups attached to an aromatic ring is 1. The highest BCUT2D eigenvalue weighted by molar-refractivity contribution is 6.30. The molecule has 0 aliphatic heterocycles. The smallest absolute Gasteiger partial charge is 0.182 e. The number of halogens is 2. The molecule has 30 heavy (non-hydrogen) atoms. The molecule has 0 aliphatic rings. The van der Waals surface area contributed by atoms with Gasteiger partial charge in [-0.05, 0) is 36.4 Å². The first-order valence-electron chi connectivity index (χ1n) is 9.01. The van der Waals surface area contributed by atoms with E-state index in [-0.39, 0.29) is 5.82 Å². The molecule has 8 nitrogen and oxygen atoms in total. The van der Waals surface area contributed by atoms with Crippen LogP contribution in [0.1, 0.15) is 11.5 Å². The predicted octanol–water partition coefficient (Wildman–Crippen LogP) is 3.34. The largest absolute Gasteiger partial charge is 0.382 e. The van der Waals surface area contributed by atoms with Crippen molar-refractivity contribution in [2.45, 2.75) is 6.42 Å². The summed E-state index contributed by atoms with van der Waals surface area (Å²) in [6.45, 7) is 0. The zero-order valence-corrected chi connectivity index (χ0v) is 16.2. The van der Waals surface area contributed by atoms with Crippen molar-refractivity contribution in [2.24, 2.45) is 0 Å². The summed E-state index contributed by atoms with van der Waals surface area (Å²) in [6.07, 6.45) is 3.60. The lowest BCUT2D eigenvalue weighted by molar-refractivity contribution is 0.607. The summed E-state index contributed by atoms with van der Waals surface area (Å²) in [4.78, 5) is 8.77. The van der Waals surface area contributed by atoms with E-state index in [1.54, 1.807) is 47.2 Å². The minimum absolute atomic E-state index is 0.309. The number of fused-ring (bicyclic) bond motifs is 1. The maximum atomic E-state index is 14.0. The van der Waals surface area contributed by atoms with Gasteiger partial charge in [0.25, 0.3) is 0 Å². The van der Waals surface area contributed by atoms with E-state index in [4.69, 9.17) is 17.3 Å². The lowest BCUT2D eigenvalue weighted by Crippen LogP contribution is -2.06. The molecule has 0 spiro atoms. The molecule has 3 heterocycles. The van der Waals surface area contributed by atoms with Crippen LogP contribution in [-0.4, -0.2) is 34.6 Å². The van der Waals surface area contributed by atoms with Crippen molar-refractivity contribution in [1.29, 1.82) is 0 Å². The molecule has 0 bridgehead atoms. The maximum absolute atomic E-state index is 14.0. The Hall–Kier alpha value is -3.85. The number of hydrogen-bond donors (Lipinski definition) is 1. The number of aromatic nitrogens is 7. The molecular formula is C20H14ClFN8. The number of imidazole rings is 1. The van der Waals surface area contributed by atoms with Crippen LogP contribution in [0, 0.1) is 5.82 Å². The van der Waals surface area contributed by atoms with Crippen LogP contribution in [0.4, 0.5) is 10.2 Å². The number of anilines is 1. The van der Waals surface area contributed by atoms with Crippen molar-refractivity contribution in [3.63, 3.8) is 0 Å². The first kappa shape index (κ1) is 18.2. The fourth-order valence-corrected chi connectivity index (χ4v) is 3.22. The van der Waals surface area contributed by atoms with Gasteiger partial charge in [0.05, 0.1) is 24.5 Å². The van der Waals surface area contributed by atoms with E-state index < -0.39 is 0 Å².